The summed E-state index contributed by atoms with van der Waals surface area (Å²) in [6, 6.07) is 20.7. The van der Waals surface area contributed by atoms with E-state index in [0.29, 0.717) is 36.0 Å². The largest absolute Gasteiger partial charge is 0.490 e. The zero-order valence-electron chi connectivity index (χ0n) is 19.2. The number of thiocarbonyl (C=S) groups is 1. The van der Waals surface area contributed by atoms with Gasteiger partial charge < -0.3 is 9.47 Å². The first kappa shape index (κ1) is 24.9. The summed E-state index contributed by atoms with van der Waals surface area (Å²) in [7, 11) is 0. The lowest BCUT2D eigenvalue weighted by Crippen LogP contribution is -2.54. The van der Waals surface area contributed by atoms with Crippen LogP contribution in [0.2, 0.25) is 0 Å². The third kappa shape index (κ3) is 5.71. The van der Waals surface area contributed by atoms with Crippen molar-refractivity contribution in [2.24, 2.45) is 0 Å². The van der Waals surface area contributed by atoms with Gasteiger partial charge in [0, 0.05) is 0 Å². The average Bonchev–Trinajstić information content (AvgIpc) is 2.83. The SMILES string of the molecule is CCOc1cc(/C=C2/C(=O)NC(=S)N(c3ccccc3)C2=O)cc(I)c1OCc1ccc(C)cc1. The highest BCUT2D eigenvalue weighted by Gasteiger charge is 2.34. The Hall–Kier alpha value is -3.24. The van der Waals surface area contributed by atoms with Crippen molar-refractivity contribution in [1.82, 2.24) is 5.32 Å². The fraction of sp³-hybridized carbons (Fsp3) is 0.148. The standard InChI is InChI=1S/C27H23IN2O4S/c1-3-33-23-15-19(14-22(28)24(23)34-16-18-11-9-17(2)10-12-18)13-21-25(31)29-27(35)30(26(21)32)20-7-5-4-6-8-20/h4-15H,3,16H2,1-2H3,(H,29,31,35)/b21-13-. The molecule has 3 aromatic rings. The van der Waals surface area contributed by atoms with Crippen LogP contribution in [0, 0.1) is 10.5 Å². The van der Waals surface area contributed by atoms with Gasteiger partial charge in [0.25, 0.3) is 11.8 Å². The van der Waals surface area contributed by atoms with E-state index in [2.05, 4.69) is 27.9 Å². The van der Waals surface area contributed by atoms with Crippen LogP contribution in [0.1, 0.15) is 23.6 Å². The molecule has 35 heavy (non-hydrogen) atoms. The van der Waals surface area contributed by atoms with E-state index in [4.69, 9.17) is 21.7 Å². The topological polar surface area (TPSA) is 67.9 Å². The van der Waals surface area contributed by atoms with E-state index in [-0.39, 0.29) is 10.7 Å². The second-order valence-corrected chi connectivity index (χ2v) is 9.38. The number of rotatable bonds is 7. The van der Waals surface area contributed by atoms with Crippen LogP contribution in [0.15, 0.2) is 72.3 Å². The van der Waals surface area contributed by atoms with Gasteiger partial charge in [-0.3, -0.25) is 19.8 Å². The molecule has 1 fully saturated rings. The summed E-state index contributed by atoms with van der Waals surface area (Å²) in [6.07, 6.45) is 1.55. The molecule has 2 amide bonds. The molecule has 0 spiro atoms. The van der Waals surface area contributed by atoms with Gasteiger partial charge in [-0.1, -0.05) is 48.0 Å². The Labute approximate surface area is 223 Å². The molecule has 6 nitrogen and oxygen atoms in total. The molecule has 3 aromatic carbocycles. The predicted molar refractivity (Wildman–Crippen MR) is 148 cm³/mol. The molecule has 0 unspecified atom stereocenters. The summed E-state index contributed by atoms with van der Waals surface area (Å²) in [5, 5.41) is 2.66. The number of carbonyl (C=O) groups excluding carboxylic acids is 2. The number of carbonyl (C=O) groups is 2. The Morgan fingerprint density at radius 2 is 1.74 bits per heavy atom. The molecule has 1 aliphatic rings. The summed E-state index contributed by atoms with van der Waals surface area (Å²) in [4.78, 5) is 27.2. The van der Waals surface area contributed by atoms with Gasteiger partial charge in [0.15, 0.2) is 16.6 Å². The van der Waals surface area contributed by atoms with E-state index in [0.717, 1.165) is 9.13 Å². The summed E-state index contributed by atoms with van der Waals surface area (Å²) in [5.74, 6) is 0.122. The first-order valence-corrected chi connectivity index (χ1v) is 12.5. The number of hydrogen-bond acceptors (Lipinski definition) is 5. The lowest BCUT2D eigenvalue weighted by atomic mass is 10.1. The van der Waals surface area contributed by atoms with Gasteiger partial charge in [0.05, 0.1) is 15.9 Å². The molecular weight excluding hydrogens is 575 g/mol. The van der Waals surface area contributed by atoms with Gasteiger partial charge in [0.1, 0.15) is 12.2 Å². The third-order valence-electron chi connectivity index (χ3n) is 5.26. The number of amides is 2. The molecule has 1 aliphatic heterocycles. The maximum absolute atomic E-state index is 13.2. The molecular formula is C27H23IN2O4S. The number of hydrogen-bond donors (Lipinski definition) is 1. The van der Waals surface area contributed by atoms with E-state index < -0.39 is 11.8 Å². The Bertz CT molecular complexity index is 1310. The van der Waals surface area contributed by atoms with Crippen molar-refractivity contribution >= 4 is 63.5 Å². The van der Waals surface area contributed by atoms with Gasteiger partial charge in [-0.2, -0.15) is 0 Å². The second kappa shape index (κ2) is 11.0. The van der Waals surface area contributed by atoms with E-state index in [9.17, 15) is 9.59 Å². The Balaban J connectivity index is 1.65. The van der Waals surface area contributed by atoms with E-state index in [1.165, 1.54) is 10.5 Å². The van der Waals surface area contributed by atoms with E-state index in [1.54, 1.807) is 36.4 Å². The molecule has 8 heteroatoms. The number of anilines is 1. The van der Waals surface area contributed by atoms with Crippen LogP contribution in [-0.4, -0.2) is 23.5 Å². The van der Waals surface area contributed by atoms with Crippen LogP contribution in [-0.2, 0) is 16.2 Å². The van der Waals surface area contributed by atoms with E-state index >= 15 is 0 Å². The van der Waals surface area contributed by atoms with Crippen LogP contribution in [0.3, 0.4) is 0 Å². The minimum Gasteiger partial charge on any atom is -0.490 e. The molecule has 0 bridgehead atoms. The molecule has 1 saturated heterocycles. The van der Waals surface area contributed by atoms with Crippen molar-refractivity contribution in [3.63, 3.8) is 0 Å². The Morgan fingerprint density at radius 1 is 1.03 bits per heavy atom. The van der Waals surface area contributed by atoms with Gasteiger partial charge in [-0.05, 0) is 90.1 Å². The van der Waals surface area contributed by atoms with E-state index in [1.807, 2.05) is 50.2 Å². The van der Waals surface area contributed by atoms with Gasteiger partial charge in [0.2, 0.25) is 0 Å². The van der Waals surface area contributed by atoms with Gasteiger partial charge in [-0.25, -0.2) is 0 Å². The molecule has 0 aromatic heterocycles. The van der Waals surface area contributed by atoms with Crippen LogP contribution >= 0.6 is 34.8 Å². The van der Waals surface area contributed by atoms with Crippen molar-refractivity contribution < 1.29 is 19.1 Å². The third-order valence-corrected chi connectivity index (χ3v) is 6.35. The summed E-state index contributed by atoms with van der Waals surface area (Å²) in [5.41, 5.74) is 3.43. The Morgan fingerprint density at radius 3 is 2.43 bits per heavy atom. The summed E-state index contributed by atoms with van der Waals surface area (Å²) in [6.45, 7) is 4.75. The Kier molecular flexibility index (Phi) is 7.82. The monoisotopic (exact) mass is 598 g/mol. The van der Waals surface area contributed by atoms with Gasteiger partial charge >= 0.3 is 0 Å². The average molecular weight is 598 g/mol. The fourth-order valence-corrected chi connectivity index (χ4v) is 4.61. The summed E-state index contributed by atoms with van der Waals surface area (Å²) >= 11 is 7.43. The number of nitrogens with zero attached hydrogens (tertiary/aromatic N) is 1. The number of nitrogens with one attached hydrogen (secondary N) is 1. The minimum atomic E-state index is -0.542. The lowest BCUT2D eigenvalue weighted by molar-refractivity contribution is -0.122. The van der Waals surface area contributed by atoms with Crippen molar-refractivity contribution in [3.8, 4) is 11.5 Å². The smallest absolute Gasteiger partial charge is 0.270 e. The molecule has 4 rings (SSSR count). The predicted octanol–water partition coefficient (Wildman–Crippen LogP) is 5.41. The first-order valence-electron chi connectivity index (χ1n) is 11.0. The number of ether oxygens (including phenoxy) is 2. The number of aryl methyl sites for hydroxylation is 1. The van der Waals surface area contributed by atoms with Crippen LogP contribution in [0.25, 0.3) is 6.08 Å². The zero-order valence-corrected chi connectivity index (χ0v) is 22.2. The normalized spacial score (nSPS) is 14.8. The lowest BCUT2D eigenvalue weighted by Gasteiger charge is -2.28. The van der Waals surface area contributed by atoms with Crippen LogP contribution < -0.4 is 19.7 Å². The highest BCUT2D eigenvalue weighted by atomic mass is 127. The maximum Gasteiger partial charge on any atom is 0.270 e. The first-order chi connectivity index (χ1) is 16.9. The fourth-order valence-electron chi connectivity index (χ4n) is 3.55. The van der Waals surface area contributed by atoms with Crippen LogP contribution in [0.4, 0.5) is 5.69 Å². The van der Waals surface area contributed by atoms with Crippen molar-refractivity contribution in [3.05, 3.63) is 92.6 Å². The zero-order chi connectivity index (χ0) is 24.9. The van der Waals surface area contributed by atoms with Crippen molar-refractivity contribution in [1.29, 1.82) is 0 Å². The second-order valence-electron chi connectivity index (χ2n) is 7.83. The molecule has 1 heterocycles. The quantitative estimate of drug-likeness (QED) is 0.171. The highest BCUT2D eigenvalue weighted by Crippen LogP contribution is 2.36. The van der Waals surface area contributed by atoms with Crippen molar-refractivity contribution in [2.45, 2.75) is 20.5 Å². The van der Waals surface area contributed by atoms with Crippen LogP contribution in [0.5, 0.6) is 11.5 Å². The van der Waals surface area contributed by atoms with Crippen molar-refractivity contribution in [2.75, 3.05) is 11.5 Å². The molecule has 0 aliphatic carbocycles. The number of halogens is 1. The number of benzene rings is 3. The minimum absolute atomic E-state index is 0.0194. The summed E-state index contributed by atoms with van der Waals surface area (Å²) < 4.78 is 12.7. The number of para-hydroxylation sites is 1. The molecule has 0 saturated carbocycles. The molecule has 178 valence electrons. The molecule has 0 radical (unpaired) electrons. The maximum atomic E-state index is 13.2. The van der Waals surface area contributed by atoms with Gasteiger partial charge in [-0.15, -0.1) is 0 Å². The molecule has 0 atom stereocenters. The highest BCUT2D eigenvalue weighted by molar-refractivity contribution is 14.1. The molecule has 1 N–H and O–H groups in total.